The largest absolute Gasteiger partial charge is 0.454 e. The van der Waals surface area contributed by atoms with E-state index >= 15 is 0 Å². The lowest BCUT2D eigenvalue weighted by Crippen LogP contribution is -2.22. The number of benzene rings is 1. The second-order valence-electron chi connectivity index (χ2n) is 4.14. The number of carbonyl (C=O) groups excluding carboxylic acids is 1. The fraction of sp³-hybridized carbons (Fsp3) is 0.231. The number of hydrogen-bond donors (Lipinski definition) is 1. The fourth-order valence-corrected chi connectivity index (χ4v) is 2.55. The SMILES string of the molecule is Cc1ncsc1C(=O)NCc1ccc2c(c1)OCO2. The first-order valence-electron chi connectivity index (χ1n) is 5.81. The number of nitrogens with one attached hydrogen (secondary N) is 1. The van der Waals surface area contributed by atoms with E-state index in [1.54, 1.807) is 5.51 Å². The molecule has 2 aromatic rings. The molecule has 1 amide bonds. The third-order valence-corrected chi connectivity index (χ3v) is 3.77. The van der Waals surface area contributed by atoms with Crippen LogP contribution in [0.4, 0.5) is 0 Å². The van der Waals surface area contributed by atoms with Crippen molar-refractivity contribution in [3.8, 4) is 11.5 Å². The third-order valence-electron chi connectivity index (χ3n) is 2.84. The van der Waals surface area contributed by atoms with E-state index in [2.05, 4.69) is 10.3 Å². The highest BCUT2D eigenvalue weighted by molar-refractivity contribution is 7.11. The van der Waals surface area contributed by atoms with Crippen LogP contribution in [0, 0.1) is 6.92 Å². The standard InChI is InChI=1S/C13H12N2O3S/c1-8-12(19-6-15-8)13(16)14-5-9-2-3-10-11(4-9)18-7-17-10/h2-4,6H,5,7H2,1H3,(H,14,16). The Morgan fingerprint density at radius 3 is 3.05 bits per heavy atom. The number of carbonyl (C=O) groups is 1. The smallest absolute Gasteiger partial charge is 0.263 e. The molecular formula is C13H12N2O3S. The Morgan fingerprint density at radius 2 is 2.26 bits per heavy atom. The van der Waals surface area contributed by atoms with Crippen LogP contribution in [0.1, 0.15) is 20.9 Å². The first-order valence-corrected chi connectivity index (χ1v) is 6.69. The van der Waals surface area contributed by atoms with E-state index in [-0.39, 0.29) is 12.7 Å². The maximum atomic E-state index is 11.9. The van der Waals surface area contributed by atoms with E-state index in [9.17, 15) is 4.79 Å². The van der Waals surface area contributed by atoms with Crippen molar-refractivity contribution in [2.75, 3.05) is 6.79 Å². The second-order valence-corrected chi connectivity index (χ2v) is 4.99. The van der Waals surface area contributed by atoms with E-state index in [1.165, 1.54) is 11.3 Å². The van der Waals surface area contributed by atoms with Crippen molar-refractivity contribution >= 4 is 17.2 Å². The lowest BCUT2D eigenvalue weighted by Gasteiger charge is -2.05. The zero-order valence-corrected chi connectivity index (χ0v) is 11.1. The second kappa shape index (κ2) is 4.89. The number of fused-ring (bicyclic) bond motifs is 1. The minimum absolute atomic E-state index is 0.0994. The minimum Gasteiger partial charge on any atom is -0.454 e. The predicted molar refractivity (Wildman–Crippen MR) is 70.6 cm³/mol. The van der Waals surface area contributed by atoms with Gasteiger partial charge in [-0.05, 0) is 24.6 Å². The molecule has 0 bridgehead atoms. The van der Waals surface area contributed by atoms with Gasteiger partial charge in [-0.15, -0.1) is 11.3 Å². The topological polar surface area (TPSA) is 60.5 Å². The molecule has 0 radical (unpaired) electrons. The van der Waals surface area contributed by atoms with Gasteiger partial charge in [0.15, 0.2) is 11.5 Å². The normalized spacial score (nSPS) is 12.5. The molecule has 0 fully saturated rings. The highest BCUT2D eigenvalue weighted by Gasteiger charge is 2.14. The van der Waals surface area contributed by atoms with E-state index in [1.807, 2.05) is 25.1 Å². The lowest BCUT2D eigenvalue weighted by molar-refractivity contribution is 0.0954. The van der Waals surface area contributed by atoms with Gasteiger partial charge in [0.2, 0.25) is 6.79 Å². The van der Waals surface area contributed by atoms with Gasteiger partial charge in [-0.3, -0.25) is 4.79 Å². The summed E-state index contributed by atoms with van der Waals surface area (Å²) >= 11 is 1.35. The van der Waals surface area contributed by atoms with Gasteiger partial charge in [0.05, 0.1) is 11.2 Å². The molecule has 0 unspecified atom stereocenters. The van der Waals surface area contributed by atoms with Gasteiger partial charge in [0, 0.05) is 6.54 Å². The molecule has 2 heterocycles. The molecule has 6 heteroatoms. The van der Waals surface area contributed by atoms with Crippen LogP contribution in [-0.4, -0.2) is 17.7 Å². The lowest BCUT2D eigenvalue weighted by atomic mass is 10.2. The van der Waals surface area contributed by atoms with Crippen molar-refractivity contribution in [2.45, 2.75) is 13.5 Å². The van der Waals surface area contributed by atoms with Gasteiger partial charge >= 0.3 is 0 Å². The molecule has 19 heavy (non-hydrogen) atoms. The van der Waals surface area contributed by atoms with Crippen LogP contribution in [0.15, 0.2) is 23.7 Å². The van der Waals surface area contributed by atoms with Crippen molar-refractivity contribution in [2.24, 2.45) is 0 Å². The number of amides is 1. The zero-order chi connectivity index (χ0) is 13.2. The molecule has 1 aromatic heterocycles. The van der Waals surface area contributed by atoms with Crippen molar-refractivity contribution in [1.29, 1.82) is 0 Å². The number of nitrogens with zero attached hydrogens (tertiary/aromatic N) is 1. The van der Waals surface area contributed by atoms with Crippen LogP contribution in [-0.2, 0) is 6.54 Å². The predicted octanol–water partition coefficient (Wildman–Crippen LogP) is 2.11. The average molecular weight is 276 g/mol. The summed E-state index contributed by atoms with van der Waals surface area (Å²) in [4.78, 5) is 16.7. The Morgan fingerprint density at radius 1 is 1.42 bits per heavy atom. The Balaban J connectivity index is 1.66. The summed E-state index contributed by atoms with van der Waals surface area (Å²) in [7, 11) is 0. The number of aryl methyl sites for hydroxylation is 1. The van der Waals surface area contributed by atoms with E-state index in [0.717, 1.165) is 22.8 Å². The highest BCUT2D eigenvalue weighted by atomic mass is 32.1. The summed E-state index contributed by atoms with van der Waals surface area (Å²) < 4.78 is 10.5. The van der Waals surface area contributed by atoms with Crippen molar-refractivity contribution in [3.63, 3.8) is 0 Å². The molecule has 98 valence electrons. The molecule has 1 N–H and O–H groups in total. The third kappa shape index (κ3) is 2.39. The summed E-state index contributed by atoms with van der Waals surface area (Å²) in [5.41, 5.74) is 3.40. The van der Waals surface area contributed by atoms with Crippen LogP contribution in [0.3, 0.4) is 0 Å². The molecule has 5 nitrogen and oxygen atoms in total. The molecule has 0 spiro atoms. The fourth-order valence-electron chi connectivity index (χ4n) is 1.83. The minimum atomic E-state index is -0.0994. The van der Waals surface area contributed by atoms with Gasteiger partial charge in [-0.2, -0.15) is 0 Å². The van der Waals surface area contributed by atoms with Crippen LogP contribution in [0.5, 0.6) is 11.5 Å². The highest BCUT2D eigenvalue weighted by Crippen LogP contribution is 2.32. The van der Waals surface area contributed by atoms with Crippen LogP contribution in [0.2, 0.25) is 0 Å². The summed E-state index contributed by atoms with van der Waals surface area (Å²) in [6.07, 6.45) is 0. The quantitative estimate of drug-likeness (QED) is 0.932. The molecule has 0 atom stereocenters. The Labute approximate surface area is 114 Å². The molecule has 0 saturated carbocycles. The van der Waals surface area contributed by atoms with E-state index < -0.39 is 0 Å². The van der Waals surface area contributed by atoms with Gasteiger partial charge in [0.1, 0.15) is 4.88 Å². The summed E-state index contributed by atoms with van der Waals surface area (Å²) in [6.45, 7) is 2.53. The van der Waals surface area contributed by atoms with Crippen LogP contribution >= 0.6 is 11.3 Å². The van der Waals surface area contributed by atoms with Gasteiger partial charge in [-0.1, -0.05) is 6.07 Å². The molecular weight excluding hydrogens is 264 g/mol. The van der Waals surface area contributed by atoms with Crippen LogP contribution in [0.25, 0.3) is 0 Å². The molecule has 3 rings (SSSR count). The number of rotatable bonds is 3. The number of ether oxygens (including phenoxy) is 2. The first-order chi connectivity index (χ1) is 9.24. The van der Waals surface area contributed by atoms with E-state index in [0.29, 0.717) is 11.4 Å². The Kier molecular flexibility index (Phi) is 3.08. The maximum Gasteiger partial charge on any atom is 0.263 e. The van der Waals surface area contributed by atoms with Crippen molar-refractivity contribution < 1.29 is 14.3 Å². The number of hydrogen-bond acceptors (Lipinski definition) is 5. The summed E-state index contributed by atoms with van der Waals surface area (Å²) in [5, 5.41) is 2.87. The zero-order valence-electron chi connectivity index (χ0n) is 10.3. The number of aromatic nitrogens is 1. The summed E-state index contributed by atoms with van der Waals surface area (Å²) in [5.74, 6) is 1.37. The molecule has 1 aliphatic rings. The van der Waals surface area contributed by atoms with Crippen molar-refractivity contribution in [1.82, 2.24) is 10.3 Å². The molecule has 0 aliphatic carbocycles. The number of thiazole rings is 1. The Bertz CT molecular complexity index is 624. The van der Waals surface area contributed by atoms with E-state index in [4.69, 9.17) is 9.47 Å². The maximum absolute atomic E-state index is 11.9. The monoisotopic (exact) mass is 276 g/mol. The van der Waals surface area contributed by atoms with Gasteiger partial charge < -0.3 is 14.8 Å². The molecule has 1 aliphatic heterocycles. The van der Waals surface area contributed by atoms with Gasteiger partial charge in [-0.25, -0.2) is 4.98 Å². The first kappa shape index (κ1) is 12.0. The average Bonchev–Trinajstić information content (AvgIpc) is 3.03. The Hall–Kier alpha value is -2.08. The molecule has 1 aromatic carbocycles. The summed E-state index contributed by atoms with van der Waals surface area (Å²) in [6, 6.07) is 5.64. The molecule has 0 saturated heterocycles. The van der Waals surface area contributed by atoms with Gasteiger partial charge in [0.25, 0.3) is 5.91 Å². The van der Waals surface area contributed by atoms with Crippen LogP contribution < -0.4 is 14.8 Å². The van der Waals surface area contributed by atoms with Crippen molar-refractivity contribution in [3.05, 3.63) is 39.8 Å².